The number of hydrogen-bond acceptors (Lipinski definition) is 5. The van der Waals surface area contributed by atoms with Gasteiger partial charge in [-0.2, -0.15) is 0 Å². The molecule has 0 unspecified atom stereocenters. The van der Waals surface area contributed by atoms with Crippen molar-refractivity contribution in [3.05, 3.63) is 12.2 Å². The van der Waals surface area contributed by atoms with Gasteiger partial charge in [0.25, 0.3) is 0 Å². The minimum absolute atomic E-state index is 0.0352. The molecular weight excluding hydrogens is 308 g/mol. The van der Waals surface area contributed by atoms with E-state index in [4.69, 9.17) is 9.47 Å². The van der Waals surface area contributed by atoms with Crippen LogP contribution in [0.2, 0.25) is 0 Å². The van der Waals surface area contributed by atoms with Crippen LogP contribution >= 0.6 is 0 Å². The van der Waals surface area contributed by atoms with E-state index >= 15 is 0 Å². The van der Waals surface area contributed by atoms with Gasteiger partial charge in [-0.25, -0.2) is 0 Å². The molecule has 0 saturated carbocycles. The Labute approximate surface area is 146 Å². The maximum atomic E-state index is 9.94. The van der Waals surface area contributed by atoms with Crippen LogP contribution in [0, 0.1) is 0 Å². The summed E-state index contributed by atoms with van der Waals surface area (Å²) >= 11 is 0. The van der Waals surface area contributed by atoms with Gasteiger partial charge < -0.3 is 24.8 Å². The SMILES string of the molecule is CCCCCCCC/C=C/CCCO[C@@H]1[C@@H](O)[C@H](O)CO[C@H]1CO. The zero-order valence-electron chi connectivity index (χ0n) is 15.1. The molecule has 1 aliphatic rings. The quantitative estimate of drug-likeness (QED) is 0.353. The Kier molecular flexibility index (Phi) is 12.4. The summed E-state index contributed by atoms with van der Waals surface area (Å²) in [4.78, 5) is 0. The smallest absolute Gasteiger partial charge is 0.114 e. The van der Waals surface area contributed by atoms with Crippen LogP contribution < -0.4 is 0 Å². The van der Waals surface area contributed by atoms with E-state index in [0.29, 0.717) is 6.61 Å². The van der Waals surface area contributed by atoms with E-state index in [2.05, 4.69) is 19.1 Å². The third-order valence-corrected chi connectivity index (χ3v) is 4.47. The summed E-state index contributed by atoms with van der Waals surface area (Å²) in [5, 5.41) is 28.8. The lowest BCUT2D eigenvalue weighted by molar-refractivity contribution is -0.211. The lowest BCUT2D eigenvalue weighted by atomic mass is 10.0. The molecular formula is C19H36O5. The summed E-state index contributed by atoms with van der Waals surface area (Å²) in [5.74, 6) is 0. The second-order valence-corrected chi connectivity index (χ2v) is 6.62. The van der Waals surface area contributed by atoms with E-state index in [0.717, 1.165) is 19.3 Å². The highest BCUT2D eigenvalue weighted by Crippen LogP contribution is 2.19. The van der Waals surface area contributed by atoms with Crippen LogP contribution in [0.5, 0.6) is 0 Å². The number of ether oxygens (including phenoxy) is 2. The molecule has 0 aromatic rings. The van der Waals surface area contributed by atoms with Crippen molar-refractivity contribution in [3.8, 4) is 0 Å². The Morgan fingerprint density at radius 1 is 1.00 bits per heavy atom. The van der Waals surface area contributed by atoms with Crippen molar-refractivity contribution in [2.45, 2.75) is 89.1 Å². The van der Waals surface area contributed by atoms with Gasteiger partial charge in [-0.15, -0.1) is 0 Å². The molecule has 0 bridgehead atoms. The third kappa shape index (κ3) is 8.58. The third-order valence-electron chi connectivity index (χ3n) is 4.47. The highest BCUT2D eigenvalue weighted by Gasteiger charge is 2.39. The van der Waals surface area contributed by atoms with E-state index in [9.17, 15) is 15.3 Å². The highest BCUT2D eigenvalue weighted by molar-refractivity contribution is 4.88. The molecule has 1 fully saturated rings. The Morgan fingerprint density at radius 2 is 1.67 bits per heavy atom. The van der Waals surface area contributed by atoms with Crippen molar-refractivity contribution >= 4 is 0 Å². The van der Waals surface area contributed by atoms with Gasteiger partial charge >= 0.3 is 0 Å². The van der Waals surface area contributed by atoms with Gasteiger partial charge in [-0.3, -0.25) is 0 Å². The van der Waals surface area contributed by atoms with Gasteiger partial charge in [-0.1, -0.05) is 51.2 Å². The van der Waals surface area contributed by atoms with E-state index < -0.39 is 24.4 Å². The Balaban J connectivity index is 2.03. The first-order valence-electron chi connectivity index (χ1n) is 9.55. The monoisotopic (exact) mass is 344 g/mol. The predicted octanol–water partition coefficient (Wildman–Crippen LogP) is 2.57. The zero-order chi connectivity index (χ0) is 17.6. The molecule has 1 heterocycles. The lowest BCUT2D eigenvalue weighted by Crippen LogP contribution is -2.55. The van der Waals surface area contributed by atoms with E-state index in [-0.39, 0.29) is 13.2 Å². The Hall–Kier alpha value is -0.460. The zero-order valence-corrected chi connectivity index (χ0v) is 15.1. The first-order valence-corrected chi connectivity index (χ1v) is 9.55. The number of rotatable bonds is 13. The lowest BCUT2D eigenvalue weighted by Gasteiger charge is -2.37. The fraction of sp³-hybridized carbons (Fsp3) is 0.895. The molecule has 0 radical (unpaired) electrons. The van der Waals surface area contributed by atoms with Crippen molar-refractivity contribution in [1.29, 1.82) is 0 Å². The number of unbranched alkanes of at least 4 members (excludes halogenated alkanes) is 7. The molecule has 0 aliphatic carbocycles. The van der Waals surface area contributed by atoms with Crippen LogP contribution in [0.25, 0.3) is 0 Å². The molecule has 0 aromatic carbocycles. The molecule has 142 valence electrons. The fourth-order valence-corrected chi connectivity index (χ4v) is 2.92. The molecule has 24 heavy (non-hydrogen) atoms. The Bertz CT molecular complexity index is 319. The molecule has 1 rings (SSSR count). The average molecular weight is 344 g/mol. The van der Waals surface area contributed by atoms with E-state index in [1.807, 2.05) is 0 Å². The second kappa shape index (κ2) is 13.8. The molecule has 0 aromatic heterocycles. The summed E-state index contributed by atoms with van der Waals surface area (Å²) in [6, 6.07) is 0. The average Bonchev–Trinajstić information content (AvgIpc) is 2.59. The van der Waals surface area contributed by atoms with Gasteiger partial charge in [0, 0.05) is 6.61 Å². The second-order valence-electron chi connectivity index (χ2n) is 6.62. The van der Waals surface area contributed by atoms with Crippen LogP contribution in [-0.4, -0.2) is 59.6 Å². The van der Waals surface area contributed by atoms with Gasteiger partial charge in [0.05, 0.1) is 13.2 Å². The molecule has 5 nitrogen and oxygen atoms in total. The van der Waals surface area contributed by atoms with Crippen molar-refractivity contribution in [2.75, 3.05) is 19.8 Å². The fourth-order valence-electron chi connectivity index (χ4n) is 2.92. The van der Waals surface area contributed by atoms with E-state index in [1.165, 1.54) is 38.5 Å². The predicted molar refractivity (Wildman–Crippen MR) is 94.9 cm³/mol. The normalized spacial score (nSPS) is 27.8. The molecule has 3 N–H and O–H groups in total. The van der Waals surface area contributed by atoms with Crippen molar-refractivity contribution in [2.24, 2.45) is 0 Å². The van der Waals surface area contributed by atoms with Crippen LogP contribution in [0.1, 0.15) is 64.7 Å². The first-order chi connectivity index (χ1) is 11.7. The molecule has 4 atom stereocenters. The van der Waals surface area contributed by atoms with Gasteiger partial charge in [0.15, 0.2) is 0 Å². The summed E-state index contributed by atoms with van der Waals surface area (Å²) in [5.41, 5.74) is 0. The minimum atomic E-state index is -1.00. The van der Waals surface area contributed by atoms with E-state index in [1.54, 1.807) is 0 Å². The van der Waals surface area contributed by atoms with Crippen LogP contribution in [0.4, 0.5) is 0 Å². The number of hydrogen-bond donors (Lipinski definition) is 3. The maximum Gasteiger partial charge on any atom is 0.114 e. The Morgan fingerprint density at radius 3 is 2.38 bits per heavy atom. The standard InChI is InChI=1S/C19H36O5/c1-2-3-4-5-6-7-8-9-10-11-12-13-23-19-17(14-20)24-15-16(21)18(19)22/h9-10,16-22H,2-8,11-15H2,1H3/b10-9+/t16-,17+,18+,19+/m1/s1. The number of aliphatic hydroxyl groups excluding tert-OH is 3. The van der Waals surface area contributed by atoms with Crippen molar-refractivity contribution in [3.63, 3.8) is 0 Å². The maximum absolute atomic E-state index is 9.94. The van der Waals surface area contributed by atoms with Crippen LogP contribution in [0.3, 0.4) is 0 Å². The summed E-state index contributed by atoms with van der Waals surface area (Å²) in [6.07, 6.45) is 12.1. The summed E-state index contributed by atoms with van der Waals surface area (Å²) < 4.78 is 10.9. The topological polar surface area (TPSA) is 79.2 Å². The molecule has 1 aliphatic heterocycles. The molecule has 5 heteroatoms. The summed E-state index contributed by atoms with van der Waals surface area (Å²) in [7, 11) is 0. The highest BCUT2D eigenvalue weighted by atomic mass is 16.6. The number of aliphatic hydroxyl groups is 3. The van der Waals surface area contributed by atoms with Crippen molar-refractivity contribution < 1.29 is 24.8 Å². The van der Waals surface area contributed by atoms with Crippen LogP contribution in [0.15, 0.2) is 12.2 Å². The van der Waals surface area contributed by atoms with Crippen LogP contribution in [-0.2, 0) is 9.47 Å². The van der Waals surface area contributed by atoms with Gasteiger partial charge in [0.1, 0.15) is 24.4 Å². The summed E-state index contributed by atoms with van der Waals surface area (Å²) in [6.45, 7) is 2.54. The van der Waals surface area contributed by atoms with Crippen molar-refractivity contribution in [1.82, 2.24) is 0 Å². The molecule has 0 amide bonds. The first kappa shape index (κ1) is 21.6. The molecule has 1 saturated heterocycles. The van der Waals surface area contributed by atoms with Gasteiger partial charge in [0.2, 0.25) is 0 Å². The molecule has 0 spiro atoms. The van der Waals surface area contributed by atoms with Gasteiger partial charge in [-0.05, 0) is 25.7 Å². The minimum Gasteiger partial charge on any atom is -0.394 e. The number of allylic oxidation sites excluding steroid dienone is 2. The largest absolute Gasteiger partial charge is 0.394 e.